The van der Waals surface area contributed by atoms with Gasteiger partial charge in [-0.1, -0.05) is 29.3 Å². The molecule has 0 aliphatic rings. The first-order chi connectivity index (χ1) is 6.69. The second-order valence-corrected chi connectivity index (χ2v) is 3.78. The van der Waals surface area contributed by atoms with Crippen LogP contribution in [0.4, 0.5) is 0 Å². The van der Waals surface area contributed by atoms with Crippen molar-refractivity contribution in [3.63, 3.8) is 0 Å². The lowest BCUT2D eigenvalue weighted by Gasteiger charge is -2.15. The number of hydrogen-bond acceptors (Lipinski definition) is 2. The number of halogens is 2. The molecule has 2 nitrogen and oxygen atoms in total. The zero-order valence-electron chi connectivity index (χ0n) is 8.18. The third-order valence-corrected chi connectivity index (χ3v) is 2.77. The molecule has 0 radical (unpaired) electrons. The Kier molecular flexibility index (Phi) is 4.69. The van der Waals surface area contributed by atoms with Gasteiger partial charge in [-0.25, -0.2) is 0 Å². The first-order valence-electron chi connectivity index (χ1n) is 4.30. The molecule has 4 heteroatoms. The van der Waals surface area contributed by atoms with Crippen LogP contribution in [-0.4, -0.2) is 20.8 Å². The molecule has 1 aromatic carbocycles. The SMILES string of the molecule is CNC(COC)c1ccc(Cl)c(Cl)c1. The van der Waals surface area contributed by atoms with Crippen molar-refractivity contribution in [1.82, 2.24) is 5.32 Å². The Balaban J connectivity index is 2.88. The summed E-state index contributed by atoms with van der Waals surface area (Å²) in [6.45, 7) is 0.606. The summed E-state index contributed by atoms with van der Waals surface area (Å²) in [4.78, 5) is 0. The van der Waals surface area contributed by atoms with Crippen LogP contribution in [0.5, 0.6) is 0 Å². The minimum Gasteiger partial charge on any atom is -0.383 e. The first-order valence-corrected chi connectivity index (χ1v) is 5.05. The summed E-state index contributed by atoms with van der Waals surface area (Å²) in [7, 11) is 3.55. The number of likely N-dealkylation sites (N-methyl/N-ethyl adjacent to an activating group) is 1. The third kappa shape index (κ3) is 2.85. The number of hydrogen-bond donors (Lipinski definition) is 1. The first kappa shape index (κ1) is 11.8. The van der Waals surface area contributed by atoms with E-state index in [-0.39, 0.29) is 6.04 Å². The molecule has 0 aliphatic heterocycles. The van der Waals surface area contributed by atoms with Gasteiger partial charge >= 0.3 is 0 Å². The molecule has 0 fully saturated rings. The van der Waals surface area contributed by atoms with Crippen LogP contribution in [0, 0.1) is 0 Å². The average Bonchev–Trinajstić information content (AvgIpc) is 2.19. The van der Waals surface area contributed by atoms with E-state index >= 15 is 0 Å². The van der Waals surface area contributed by atoms with Gasteiger partial charge in [-0.2, -0.15) is 0 Å². The number of ether oxygens (including phenoxy) is 1. The third-order valence-electron chi connectivity index (χ3n) is 2.03. The second kappa shape index (κ2) is 5.56. The van der Waals surface area contributed by atoms with Gasteiger partial charge in [-0.05, 0) is 24.7 Å². The van der Waals surface area contributed by atoms with Crippen molar-refractivity contribution in [2.24, 2.45) is 0 Å². The molecule has 1 aromatic rings. The van der Waals surface area contributed by atoms with E-state index in [9.17, 15) is 0 Å². The fraction of sp³-hybridized carbons (Fsp3) is 0.400. The highest BCUT2D eigenvalue weighted by molar-refractivity contribution is 6.42. The maximum absolute atomic E-state index is 5.91. The van der Waals surface area contributed by atoms with Crippen LogP contribution in [0.25, 0.3) is 0 Å². The Bertz CT molecular complexity index is 304. The van der Waals surface area contributed by atoms with Crippen molar-refractivity contribution < 1.29 is 4.74 Å². The van der Waals surface area contributed by atoms with Crippen LogP contribution in [0.2, 0.25) is 10.0 Å². The van der Waals surface area contributed by atoms with Crippen LogP contribution in [-0.2, 0) is 4.74 Å². The predicted octanol–water partition coefficient (Wildman–Crippen LogP) is 2.90. The van der Waals surface area contributed by atoms with E-state index in [2.05, 4.69) is 5.32 Å². The molecular weight excluding hydrogens is 221 g/mol. The maximum Gasteiger partial charge on any atom is 0.0657 e. The van der Waals surface area contributed by atoms with Crippen molar-refractivity contribution in [3.05, 3.63) is 33.8 Å². The number of nitrogens with one attached hydrogen (secondary N) is 1. The Hall–Kier alpha value is -0.280. The van der Waals surface area contributed by atoms with E-state index in [1.54, 1.807) is 13.2 Å². The maximum atomic E-state index is 5.91. The zero-order valence-corrected chi connectivity index (χ0v) is 9.69. The van der Waals surface area contributed by atoms with E-state index in [1.165, 1.54) is 0 Å². The number of rotatable bonds is 4. The summed E-state index contributed by atoms with van der Waals surface area (Å²) in [6, 6.07) is 5.73. The molecule has 0 aromatic heterocycles. The molecule has 0 bridgehead atoms. The van der Waals surface area contributed by atoms with Crippen LogP contribution in [0.3, 0.4) is 0 Å². The summed E-state index contributed by atoms with van der Waals surface area (Å²) < 4.78 is 5.08. The molecule has 0 aliphatic carbocycles. The molecule has 0 heterocycles. The quantitative estimate of drug-likeness (QED) is 0.864. The highest BCUT2D eigenvalue weighted by atomic mass is 35.5. The van der Waals surface area contributed by atoms with Crippen LogP contribution < -0.4 is 5.32 Å². The van der Waals surface area contributed by atoms with Gasteiger partial charge in [0.25, 0.3) is 0 Å². The van der Waals surface area contributed by atoms with Gasteiger partial charge in [0.05, 0.1) is 22.7 Å². The van der Waals surface area contributed by atoms with Crippen molar-refractivity contribution in [1.29, 1.82) is 0 Å². The van der Waals surface area contributed by atoms with Gasteiger partial charge in [0.2, 0.25) is 0 Å². The van der Waals surface area contributed by atoms with Gasteiger partial charge in [-0.3, -0.25) is 0 Å². The molecule has 1 atom stereocenters. The van der Waals surface area contributed by atoms with E-state index in [1.807, 2.05) is 19.2 Å². The van der Waals surface area contributed by atoms with Gasteiger partial charge in [-0.15, -0.1) is 0 Å². The highest BCUT2D eigenvalue weighted by Gasteiger charge is 2.09. The fourth-order valence-electron chi connectivity index (χ4n) is 1.24. The summed E-state index contributed by atoms with van der Waals surface area (Å²) in [5.41, 5.74) is 1.07. The van der Waals surface area contributed by atoms with Crippen molar-refractivity contribution in [3.8, 4) is 0 Å². The molecular formula is C10H13Cl2NO. The average molecular weight is 234 g/mol. The lowest BCUT2D eigenvalue weighted by atomic mass is 10.1. The summed E-state index contributed by atoms with van der Waals surface area (Å²) >= 11 is 11.7. The molecule has 0 amide bonds. The zero-order chi connectivity index (χ0) is 10.6. The smallest absolute Gasteiger partial charge is 0.0657 e. The largest absolute Gasteiger partial charge is 0.383 e. The van der Waals surface area contributed by atoms with Crippen molar-refractivity contribution >= 4 is 23.2 Å². The molecule has 0 saturated carbocycles. The fourth-order valence-corrected chi connectivity index (χ4v) is 1.55. The Morgan fingerprint density at radius 2 is 2.07 bits per heavy atom. The molecule has 78 valence electrons. The predicted molar refractivity (Wildman–Crippen MR) is 60.1 cm³/mol. The highest BCUT2D eigenvalue weighted by Crippen LogP contribution is 2.25. The summed E-state index contributed by atoms with van der Waals surface area (Å²) in [6.07, 6.45) is 0. The molecule has 1 N–H and O–H groups in total. The van der Waals surface area contributed by atoms with E-state index in [0.717, 1.165) is 5.56 Å². The molecule has 1 rings (SSSR count). The van der Waals surface area contributed by atoms with E-state index in [4.69, 9.17) is 27.9 Å². The molecule has 14 heavy (non-hydrogen) atoms. The van der Waals surface area contributed by atoms with Gasteiger partial charge < -0.3 is 10.1 Å². The lowest BCUT2D eigenvalue weighted by molar-refractivity contribution is 0.170. The molecule has 1 unspecified atom stereocenters. The standard InChI is InChI=1S/C10H13Cl2NO/c1-13-10(6-14-2)7-3-4-8(11)9(12)5-7/h3-5,10,13H,6H2,1-2H3. The monoisotopic (exact) mass is 233 g/mol. The van der Waals surface area contributed by atoms with Gasteiger partial charge in [0, 0.05) is 7.11 Å². The Morgan fingerprint density at radius 1 is 1.36 bits per heavy atom. The Morgan fingerprint density at radius 3 is 2.57 bits per heavy atom. The molecule has 0 spiro atoms. The summed E-state index contributed by atoms with van der Waals surface area (Å²) in [5.74, 6) is 0. The van der Waals surface area contributed by atoms with Crippen LogP contribution in [0.15, 0.2) is 18.2 Å². The van der Waals surface area contributed by atoms with Crippen molar-refractivity contribution in [2.45, 2.75) is 6.04 Å². The van der Waals surface area contributed by atoms with Gasteiger partial charge in [0.15, 0.2) is 0 Å². The van der Waals surface area contributed by atoms with E-state index in [0.29, 0.717) is 16.7 Å². The number of methoxy groups -OCH3 is 1. The molecule has 0 saturated heterocycles. The van der Waals surface area contributed by atoms with Crippen molar-refractivity contribution in [2.75, 3.05) is 20.8 Å². The minimum absolute atomic E-state index is 0.148. The number of benzene rings is 1. The van der Waals surface area contributed by atoms with E-state index < -0.39 is 0 Å². The second-order valence-electron chi connectivity index (χ2n) is 2.97. The van der Waals surface area contributed by atoms with Gasteiger partial charge in [0.1, 0.15) is 0 Å². The lowest BCUT2D eigenvalue weighted by Crippen LogP contribution is -2.20. The summed E-state index contributed by atoms with van der Waals surface area (Å²) in [5, 5.41) is 4.28. The topological polar surface area (TPSA) is 21.3 Å². The van der Waals surface area contributed by atoms with Crippen LogP contribution in [0.1, 0.15) is 11.6 Å². The minimum atomic E-state index is 0.148. The van der Waals surface area contributed by atoms with Crippen LogP contribution >= 0.6 is 23.2 Å². The Labute approximate surface area is 94.2 Å². The normalized spacial score (nSPS) is 12.9.